The zero-order valence-corrected chi connectivity index (χ0v) is 10.9. The molecule has 0 aliphatic carbocycles. The quantitative estimate of drug-likeness (QED) is 0.775. The summed E-state index contributed by atoms with van der Waals surface area (Å²) in [5, 5.41) is 10.5. The third-order valence-electron chi connectivity index (χ3n) is 2.36. The SMILES string of the molecule is CCN(Cc1ccccn1)C(=O)NC(=O)/C=C/C(=O)O. The Labute approximate surface area is 115 Å². The number of carboxylic acids is 1. The number of nitrogens with one attached hydrogen (secondary N) is 1. The highest BCUT2D eigenvalue weighted by atomic mass is 16.4. The summed E-state index contributed by atoms with van der Waals surface area (Å²) in [6.45, 7) is 2.41. The van der Waals surface area contributed by atoms with Crippen LogP contribution in [0.3, 0.4) is 0 Å². The van der Waals surface area contributed by atoms with Crippen molar-refractivity contribution in [3.63, 3.8) is 0 Å². The molecule has 2 N–H and O–H groups in total. The molecule has 0 saturated carbocycles. The van der Waals surface area contributed by atoms with Crippen LogP contribution in [0.5, 0.6) is 0 Å². The van der Waals surface area contributed by atoms with Crippen molar-refractivity contribution in [2.24, 2.45) is 0 Å². The van der Waals surface area contributed by atoms with Crippen LogP contribution in [0.1, 0.15) is 12.6 Å². The summed E-state index contributed by atoms with van der Waals surface area (Å²) in [6.07, 6.45) is 3.06. The first-order valence-electron chi connectivity index (χ1n) is 5.93. The van der Waals surface area contributed by atoms with Gasteiger partial charge in [-0.1, -0.05) is 6.07 Å². The molecule has 0 radical (unpaired) electrons. The molecule has 7 nitrogen and oxygen atoms in total. The Balaban J connectivity index is 2.59. The highest BCUT2D eigenvalue weighted by Gasteiger charge is 2.14. The zero-order valence-electron chi connectivity index (χ0n) is 10.9. The van der Waals surface area contributed by atoms with E-state index >= 15 is 0 Å². The predicted octanol–water partition coefficient (Wildman–Crippen LogP) is 0.780. The summed E-state index contributed by atoms with van der Waals surface area (Å²) < 4.78 is 0. The molecule has 7 heteroatoms. The Morgan fingerprint density at radius 2 is 2.10 bits per heavy atom. The maximum absolute atomic E-state index is 11.8. The molecule has 0 aliphatic rings. The van der Waals surface area contributed by atoms with E-state index in [1.165, 1.54) is 4.90 Å². The van der Waals surface area contributed by atoms with E-state index in [1.807, 2.05) is 0 Å². The first-order valence-corrected chi connectivity index (χ1v) is 5.93. The summed E-state index contributed by atoms with van der Waals surface area (Å²) >= 11 is 0. The van der Waals surface area contributed by atoms with Gasteiger partial charge in [0.2, 0.25) is 0 Å². The third-order valence-corrected chi connectivity index (χ3v) is 2.36. The molecule has 3 amide bonds. The highest BCUT2D eigenvalue weighted by molar-refractivity contribution is 6.02. The van der Waals surface area contributed by atoms with Gasteiger partial charge in [-0.2, -0.15) is 0 Å². The number of hydrogen-bond acceptors (Lipinski definition) is 4. The zero-order chi connectivity index (χ0) is 15.0. The second kappa shape index (κ2) is 7.67. The fourth-order valence-electron chi connectivity index (χ4n) is 1.39. The number of aliphatic carboxylic acids is 1. The van der Waals surface area contributed by atoms with Crippen molar-refractivity contribution in [1.82, 2.24) is 15.2 Å². The van der Waals surface area contributed by atoms with E-state index in [0.29, 0.717) is 18.3 Å². The number of amides is 3. The Kier molecular flexibility index (Phi) is 5.89. The average molecular weight is 277 g/mol. The highest BCUT2D eigenvalue weighted by Crippen LogP contribution is 2.01. The van der Waals surface area contributed by atoms with Gasteiger partial charge in [0.15, 0.2) is 0 Å². The second-order valence-electron chi connectivity index (χ2n) is 3.80. The molecule has 20 heavy (non-hydrogen) atoms. The number of pyridine rings is 1. The van der Waals surface area contributed by atoms with Crippen molar-refractivity contribution in [3.05, 3.63) is 42.2 Å². The predicted molar refractivity (Wildman–Crippen MR) is 70.6 cm³/mol. The van der Waals surface area contributed by atoms with Gasteiger partial charge in [0, 0.05) is 24.9 Å². The lowest BCUT2D eigenvalue weighted by Crippen LogP contribution is -2.42. The molecule has 1 aromatic heterocycles. The first-order chi connectivity index (χ1) is 9.52. The lowest BCUT2D eigenvalue weighted by Gasteiger charge is -2.19. The molecule has 0 unspecified atom stereocenters. The number of carbonyl (C=O) groups excluding carboxylic acids is 2. The Morgan fingerprint density at radius 3 is 2.65 bits per heavy atom. The molecule has 106 valence electrons. The third kappa shape index (κ3) is 5.30. The van der Waals surface area contributed by atoms with Crippen LogP contribution >= 0.6 is 0 Å². The van der Waals surface area contributed by atoms with E-state index in [4.69, 9.17) is 5.11 Å². The monoisotopic (exact) mass is 277 g/mol. The van der Waals surface area contributed by atoms with Gasteiger partial charge in [-0.3, -0.25) is 15.1 Å². The topological polar surface area (TPSA) is 99.6 Å². The van der Waals surface area contributed by atoms with Crippen LogP contribution in [0.4, 0.5) is 4.79 Å². The number of nitrogens with zero attached hydrogens (tertiary/aromatic N) is 2. The molecule has 0 aromatic carbocycles. The first kappa shape index (κ1) is 15.4. The smallest absolute Gasteiger partial charge is 0.328 e. The molecule has 0 atom stereocenters. The number of aromatic nitrogens is 1. The van der Waals surface area contributed by atoms with Crippen LogP contribution in [0.2, 0.25) is 0 Å². The minimum atomic E-state index is -1.26. The van der Waals surface area contributed by atoms with E-state index in [-0.39, 0.29) is 6.54 Å². The number of imide groups is 1. The molecule has 1 heterocycles. The molecular weight excluding hydrogens is 262 g/mol. The number of hydrogen-bond donors (Lipinski definition) is 2. The van der Waals surface area contributed by atoms with Crippen LogP contribution in [0.15, 0.2) is 36.5 Å². The van der Waals surface area contributed by atoms with E-state index in [2.05, 4.69) is 10.3 Å². The van der Waals surface area contributed by atoms with E-state index in [9.17, 15) is 14.4 Å². The largest absolute Gasteiger partial charge is 0.478 e. The number of carbonyl (C=O) groups is 3. The van der Waals surface area contributed by atoms with Gasteiger partial charge in [-0.05, 0) is 19.1 Å². The van der Waals surface area contributed by atoms with Crippen LogP contribution in [-0.4, -0.2) is 39.4 Å². The number of rotatable bonds is 5. The van der Waals surface area contributed by atoms with E-state index in [1.54, 1.807) is 31.3 Å². The van der Waals surface area contributed by atoms with Crippen LogP contribution < -0.4 is 5.32 Å². The summed E-state index contributed by atoms with van der Waals surface area (Å²) in [5.41, 5.74) is 0.693. The summed E-state index contributed by atoms with van der Waals surface area (Å²) in [7, 11) is 0. The van der Waals surface area contributed by atoms with Crippen molar-refractivity contribution >= 4 is 17.9 Å². The van der Waals surface area contributed by atoms with Gasteiger partial charge in [0.05, 0.1) is 12.2 Å². The van der Waals surface area contributed by atoms with Gasteiger partial charge < -0.3 is 10.0 Å². The summed E-state index contributed by atoms with van der Waals surface area (Å²) in [6, 6.07) is 4.73. The molecular formula is C13H15N3O4. The van der Waals surface area contributed by atoms with Crippen molar-refractivity contribution in [1.29, 1.82) is 0 Å². The minimum absolute atomic E-state index is 0.263. The fourth-order valence-corrected chi connectivity index (χ4v) is 1.39. The number of carboxylic acid groups (broad SMARTS) is 1. The molecule has 1 aromatic rings. The molecule has 0 spiro atoms. The number of urea groups is 1. The molecule has 1 rings (SSSR count). The van der Waals surface area contributed by atoms with Crippen LogP contribution in [0, 0.1) is 0 Å². The normalized spacial score (nSPS) is 10.2. The standard InChI is InChI=1S/C13H15N3O4/c1-2-16(9-10-5-3-4-8-14-10)13(20)15-11(17)6-7-12(18)19/h3-8H,2,9H2,1H3,(H,18,19)(H,15,17,20)/b7-6+. The maximum atomic E-state index is 11.8. The van der Waals surface area contributed by atoms with Gasteiger partial charge >= 0.3 is 12.0 Å². The van der Waals surface area contributed by atoms with Crippen molar-refractivity contribution in [2.75, 3.05) is 6.54 Å². The van der Waals surface area contributed by atoms with Crippen LogP contribution in [0.25, 0.3) is 0 Å². The molecule has 0 fully saturated rings. The second-order valence-corrected chi connectivity index (χ2v) is 3.80. The minimum Gasteiger partial charge on any atom is -0.478 e. The molecule has 0 aliphatic heterocycles. The van der Waals surface area contributed by atoms with E-state index < -0.39 is 17.9 Å². The lowest BCUT2D eigenvalue weighted by molar-refractivity contribution is -0.131. The lowest BCUT2D eigenvalue weighted by atomic mass is 10.3. The van der Waals surface area contributed by atoms with Crippen LogP contribution in [-0.2, 0) is 16.1 Å². The summed E-state index contributed by atoms with van der Waals surface area (Å²) in [5.74, 6) is -2.04. The fraction of sp³-hybridized carbons (Fsp3) is 0.231. The van der Waals surface area contributed by atoms with E-state index in [0.717, 1.165) is 6.08 Å². The van der Waals surface area contributed by atoms with Crippen molar-refractivity contribution in [3.8, 4) is 0 Å². The Hall–Kier alpha value is -2.70. The average Bonchev–Trinajstić information content (AvgIpc) is 2.43. The summed E-state index contributed by atoms with van der Waals surface area (Å²) in [4.78, 5) is 38.8. The van der Waals surface area contributed by atoms with Gasteiger partial charge in [-0.15, -0.1) is 0 Å². The van der Waals surface area contributed by atoms with Gasteiger partial charge in [0.25, 0.3) is 5.91 Å². The van der Waals surface area contributed by atoms with Gasteiger partial charge in [0.1, 0.15) is 0 Å². The maximum Gasteiger partial charge on any atom is 0.328 e. The Morgan fingerprint density at radius 1 is 1.35 bits per heavy atom. The van der Waals surface area contributed by atoms with Crippen molar-refractivity contribution in [2.45, 2.75) is 13.5 Å². The van der Waals surface area contributed by atoms with Crippen molar-refractivity contribution < 1.29 is 19.5 Å². The molecule has 0 bridgehead atoms. The Bertz CT molecular complexity index is 514. The van der Waals surface area contributed by atoms with Gasteiger partial charge in [-0.25, -0.2) is 9.59 Å². The molecule has 0 saturated heterocycles.